The number of aliphatic hydroxyl groups is 1. The van der Waals surface area contributed by atoms with E-state index in [1.165, 1.54) is 0 Å². The van der Waals surface area contributed by atoms with Gasteiger partial charge in [-0.05, 0) is 11.5 Å². The highest BCUT2D eigenvalue weighted by Crippen LogP contribution is 2.37. The minimum atomic E-state index is -0.575. The second kappa shape index (κ2) is 4.48. The molecule has 0 bridgehead atoms. The van der Waals surface area contributed by atoms with Crippen LogP contribution in [-0.2, 0) is 0 Å². The molecule has 0 aliphatic carbocycles. The van der Waals surface area contributed by atoms with Crippen molar-refractivity contribution in [2.45, 2.75) is 0 Å². The van der Waals surface area contributed by atoms with Gasteiger partial charge in [0.2, 0.25) is 5.43 Å². The number of fused-ring (bicyclic) bond motifs is 4. The van der Waals surface area contributed by atoms with Gasteiger partial charge in [-0.1, -0.05) is 36.4 Å². The molecule has 1 heterocycles. The molecule has 0 amide bonds. The Balaban J connectivity index is 2.25. The van der Waals surface area contributed by atoms with Crippen LogP contribution < -0.4 is 16.1 Å². The van der Waals surface area contributed by atoms with Crippen LogP contribution in [0.25, 0.3) is 49.7 Å². The zero-order chi connectivity index (χ0) is 17.3. The summed E-state index contributed by atoms with van der Waals surface area (Å²) in [5.41, 5.74) is -0.738. The molecule has 4 aromatic carbocycles. The number of rotatable bonds is 0. The lowest BCUT2D eigenvalue weighted by molar-refractivity contribution is 0.480. The maximum Gasteiger partial charge on any atom is 0.232 e. The van der Waals surface area contributed by atoms with Crippen LogP contribution in [-0.4, -0.2) is 10.2 Å². The first-order chi connectivity index (χ1) is 12.1. The van der Waals surface area contributed by atoms with Gasteiger partial charge in [-0.2, -0.15) is 0 Å². The van der Waals surface area contributed by atoms with Crippen molar-refractivity contribution in [3.63, 3.8) is 0 Å². The standard InChI is InChI=1S/C20H10O5/c21-8-10-7-13(22)15-16-18(24)11-5-1-3-9-4-2-6-12(14(9)11)19(16)25-20(15)17(10)23/h1-8,21-22H/b10-8+. The Bertz CT molecular complexity index is 1490. The minimum Gasteiger partial charge on any atom is -0.515 e. The van der Waals surface area contributed by atoms with Crippen LogP contribution in [0.2, 0.25) is 0 Å². The third-order valence-electron chi connectivity index (χ3n) is 4.69. The molecule has 0 saturated carbocycles. The molecule has 2 N–H and O–H groups in total. The van der Waals surface area contributed by atoms with Crippen LogP contribution >= 0.6 is 0 Å². The molecule has 0 unspecified atom stereocenters. The highest BCUT2D eigenvalue weighted by molar-refractivity contribution is 6.24. The van der Waals surface area contributed by atoms with Crippen LogP contribution in [0.5, 0.6) is 5.75 Å². The first kappa shape index (κ1) is 13.8. The van der Waals surface area contributed by atoms with Crippen molar-refractivity contribution >= 4 is 49.7 Å². The quantitative estimate of drug-likeness (QED) is 0.456. The smallest absolute Gasteiger partial charge is 0.232 e. The van der Waals surface area contributed by atoms with Crippen molar-refractivity contribution in [3.8, 4) is 5.75 Å². The second-order valence-corrected chi connectivity index (χ2v) is 5.99. The van der Waals surface area contributed by atoms with E-state index >= 15 is 0 Å². The van der Waals surface area contributed by atoms with E-state index < -0.39 is 5.43 Å². The number of benzene rings is 4. The molecule has 5 heteroatoms. The van der Waals surface area contributed by atoms with Crippen molar-refractivity contribution in [3.05, 3.63) is 68.1 Å². The third-order valence-corrected chi connectivity index (χ3v) is 4.69. The number of phenols is 1. The average Bonchev–Trinajstić information content (AvgIpc) is 3.04. The molecular weight excluding hydrogens is 320 g/mol. The molecule has 0 atom stereocenters. The van der Waals surface area contributed by atoms with E-state index in [2.05, 4.69) is 0 Å². The Kier molecular flexibility index (Phi) is 2.47. The van der Waals surface area contributed by atoms with Crippen LogP contribution in [0.1, 0.15) is 0 Å². The number of aliphatic hydroxyl groups excluding tert-OH is 1. The molecule has 0 aliphatic rings. The zero-order valence-electron chi connectivity index (χ0n) is 12.7. The van der Waals surface area contributed by atoms with Crippen molar-refractivity contribution < 1.29 is 14.6 Å². The van der Waals surface area contributed by atoms with Gasteiger partial charge in [0.1, 0.15) is 11.3 Å². The zero-order valence-corrected chi connectivity index (χ0v) is 12.7. The van der Waals surface area contributed by atoms with E-state index in [-0.39, 0.29) is 38.3 Å². The topological polar surface area (TPSA) is 87.7 Å². The van der Waals surface area contributed by atoms with Crippen LogP contribution in [0, 0.1) is 0 Å². The summed E-state index contributed by atoms with van der Waals surface area (Å²) in [4.78, 5) is 25.5. The van der Waals surface area contributed by atoms with Crippen molar-refractivity contribution in [1.29, 1.82) is 0 Å². The van der Waals surface area contributed by atoms with E-state index in [0.29, 0.717) is 17.0 Å². The predicted molar refractivity (Wildman–Crippen MR) is 96.4 cm³/mol. The summed E-state index contributed by atoms with van der Waals surface area (Å²) in [6, 6.07) is 12.1. The first-order valence-electron chi connectivity index (χ1n) is 7.65. The molecule has 0 spiro atoms. The number of aromatic hydroxyl groups is 1. The molecule has 5 nitrogen and oxygen atoms in total. The van der Waals surface area contributed by atoms with Crippen molar-refractivity contribution in [2.75, 3.05) is 0 Å². The van der Waals surface area contributed by atoms with Gasteiger partial charge in [0, 0.05) is 16.2 Å². The molecule has 25 heavy (non-hydrogen) atoms. The molecule has 0 aliphatic heterocycles. The molecule has 5 rings (SSSR count). The molecule has 5 aromatic rings. The fourth-order valence-corrected chi connectivity index (χ4v) is 3.61. The van der Waals surface area contributed by atoms with Gasteiger partial charge in [-0.3, -0.25) is 9.59 Å². The lowest BCUT2D eigenvalue weighted by atomic mass is 9.97. The molecule has 0 saturated heterocycles. The van der Waals surface area contributed by atoms with Gasteiger partial charge >= 0.3 is 0 Å². The number of furan rings is 1. The van der Waals surface area contributed by atoms with Crippen molar-refractivity contribution in [2.24, 2.45) is 0 Å². The Morgan fingerprint density at radius 2 is 1.56 bits per heavy atom. The van der Waals surface area contributed by atoms with Crippen LogP contribution in [0.15, 0.2) is 56.5 Å². The summed E-state index contributed by atoms with van der Waals surface area (Å²) in [7, 11) is 0. The predicted octanol–water partition coefficient (Wildman–Crippen LogP) is 2.77. The third kappa shape index (κ3) is 1.57. The van der Waals surface area contributed by atoms with Gasteiger partial charge < -0.3 is 14.6 Å². The summed E-state index contributed by atoms with van der Waals surface area (Å²) in [6.45, 7) is 0. The van der Waals surface area contributed by atoms with E-state index in [9.17, 15) is 19.8 Å². The fourth-order valence-electron chi connectivity index (χ4n) is 3.61. The molecule has 120 valence electrons. The lowest BCUT2D eigenvalue weighted by Gasteiger charge is -2.05. The molecule has 0 radical (unpaired) electrons. The Morgan fingerprint density at radius 1 is 0.840 bits per heavy atom. The summed E-state index contributed by atoms with van der Waals surface area (Å²) in [5.74, 6) is -0.278. The Hall–Kier alpha value is -3.60. The first-order valence-corrected chi connectivity index (χ1v) is 7.65. The maximum absolute atomic E-state index is 13.1. The second-order valence-electron chi connectivity index (χ2n) is 5.99. The number of hydrogen-bond acceptors (Lipinski definition) is 5. The summed E-state index contributed by atoms with van der Waals surface area (Å²) >= 11 is 0. The maximum atomic E-state index is 13.1. The summed E-state index contributed by atoms with van der Waals surface area (Å²) in [6.07, 6.45) is 0.611. The molecule has 0 fully saturated rings. The van der Waals surface area contributed by atoms with Gasteiger partial charge in [0.15, 0.2) is 11.0 Å². The van der Waals surface area contributed by atoms with Crippen LogP contribution in [0.3, 0.4) is 0 Å². The minimum absolute atomic E-state index is 0.0853. The fraction of sp³-hybridized carbons (Fsp3) is 0. The average molecular weight is 330 g/mol. The number of hydrogen-bond donors (Lipinski definition) is 2. The molecular formula is C20H10O5. The monoisotopic (exact) mass is 330 g/mol. The van der Waals surface area contributed by atoms with Gasteiger partial charge in [0.05, 0.1) is 22.3 Å². The SMILES string of the molecule is O=c1/c(=C/O)cc(O)c2c1oc1c3cccc4cccc(c(=O)c12)c43. The van der Waals surface area contributed by atoms with E-state index in [1.54, 1.807) is 12.1 Å². The van der Waals surface area contributed by atoms with Crippen molar-refractivity contribution in [1.82, 2.24) is 0 Å². The highest BCUT2D eigenvalue weighted by Gasteiger charge is 2.21. The lowest BCUT2D eigenvalue weighted by Crippen LogP contribution is -2.23. The largest absolute Gasteiger partial charge is 0.515 e. The Morgan fingerprint density at radius 3 is 2.28 bits per heavy atom. The summed E-state index contributed by atoms with van der Waals surface area (Å²) < 4.78 is 5.74. The Labute approximate surface area is 139 Å². The van der Waals surface area contributed by atoms with E-state index in [4.69, 9.17) is 4.42 Å². The van der Waals surface area contributed by atoms with E-state index in [1.807, 2.05) is 24.3 Å². The van der Waals surface area contributed by atoms with Gasteiger partial charge in [-0.15, -0.1) is 0 Å². The van der Waals surface area contributed by atoms with Gasteiger partial charge in [-0.25, -0.2) is 0 Å². The number of phenolic OH excluding ortho intramolecular Hbond substituents is 1. The molecule has 1 aromatic heterocycles. The normalized spacial score (nSPS) is 12.9. The summed E-state index contributed by atoms with van der Waals surface area (Å²) in [5, 5.41) is 22.5. The highest BCUT2D eigenvalue weighted by atomic mass is 16.3. The van der Waals surface area contributed by atoms with Gasteiger partial charge in [0.25, 0.3) is 0 Å². The van der Waals surface area contributed by atoms with Crippen LogP contribution in [0.4, 0.5) is 0 Å². The van der Waals surface area contributed by atoms with E-state index in [0.717, 1.165) is 16.8 Å².